The molecule has 1 aliphatic heterocycles. The largest absolute Gasteiger partial charge is 0.472 e. The van der Waals surface area contributed by atoms with Crippen molar-refractivity contribution in [2.24, 2.45) is 0 Å². The number of carbonyl (C=O) groups is 1. The average Bonchev–Trinajstić information content (AvgIpc) is 3.53. The smallest absolute Gasteiger partial charge is 0.167 e. The van der Waals surface area contributed by atoms with Crippen molar-refractivity contribution in [3.8, 4) is 16.8 Å². The summed E-state index contributed by atoms with van der Waals surface area (Å²) >= 11 is 0. The highest BCUT2D eigenvalue weighted by molar-refractivity contribution is 5.83. The Morgan fingerprint density at radius 1 is 1.06 bits per heavy atom. The number of furan rings is 1. The number of hydrogen-bond acceptors (Lipinski definition) is 6. The average molecular weight is 431 g/mol. The summed E-state index contributed by atoms with van der Waals surface area (Å²) in [5, 5.41) is 0. The first kappa shape index (κ1) is 20.5. The second-order valence-electron chi connectivity index (χ2n) is 7.85. The molecule has 1 fully saturated rings. The molecule has 0 bridgehead atoms. The molecule has 7 heteroatoms. The Morgan fingerprint density at radius 2 is 1.91 bits per heavy atom. The van der Waals surface area contributed by atoms with Crippen LogP contribution in [0.25, 0.3) is 27.8 Å². The number of carbonyl (C=O) groups excluding carboxylic acids is 1. The number of aldehydes is 1. The van der Waals surface area contributed by atoms with Gasteiger partial charge in [0.1, 0.15) is 6.33 Å². The van der Waals surface area contributed by atoms with Crippen LogP contribution in [-0.2, 0) is 9.53 Å². The van der Waals surface area contributed by atoms with E-state index in [4.69, 9.17) is 9.15 Å². The summed E-state index contributed by atoms with van der Waals surface area (Å²) in [4.78, 5) is 20.4. The SMILES string of the molecule is CCOC(C=O)N1CCN(c2cccc(-n3cnc4cc(-c5ccoc5)ccc43)c2)CC1. The van der Waals surface area contributed by atoms with Crippen molar-refractivity contribution >= 4 is 23.0 Å². The van der Waals surface area contributed by atoms with Crippen LogP contribution in [0.5, 0.6) is 0 Å². The zero-order valence-corrected chi connectivity index (χ0v) is 18.1. The Kier molecular flexibility index (Phi) is 5.75. The zero-order chi connectivity index (χ0) is 21.9. The van der Waals surface area contributed by atoms with Crippen LogP contribution < -0.4 is 4.90 Å². The highest BCUT2D eigenvalue weighted by Gasteiger charge is 2.24. The van der Waals surface area contributed by atoms with Gasteiger partial charge in [0, 0.05) is 49.7 Å². The number of anilines is 1. The van der Waals surface area contributed by atoms with Crippen LogP contribution in [0.1, 0.15) is 6.92 Å². The molecule has 0 amide bonds. The number of aromatic nitrogens is 2. The van der Waals surface area contributed by atoms with E-state index in [9.17, 15) is 4.79 Å². The summed E-state index contributed by atoms with van der Waals surface area (Å²) in [5.74, 6) is 0. The maximum atomic E-state index is 11.3. The van der Waals surface area contributed by atoms with Crippen molar-refractivity contribution < 1.29 is 13.9 Å². The quantitative estimate of drug-likeness (QED) is 0.414. The van der Waals surface area contributed by atoms with Crippen molar-refractivity contribution in [2.75, 3.05) is 37.7 Å². The number of hydrogen-bond donors (Lipinski definition) is 0. The molecule has 3 heterocycles. The van der Waals surface area contributed by atoms with E-state index in [0.717, 1.165) is 66.0 Å². The lowest BCUT2D eigenvalue weighted by molar-refractivity contribution is -0.131. The van der Waals surface area contributed by atoms with E-state index in [-0.39, 0.29) is 0 Å². The third kappa shape index (κ3) is 3.92. The van der Waals surface area contributed by atoms with Gasteiger partial charge in [-0.3, -0.25) is 14.3 Å². The van der Waals surface area contributed by atoms with E-state index >= 15 is 0 Å². The van der Waals surface area contributed by atoms with E-state index in [1.807, 2.05) is 19.3 Å². The fourth-order valence-corrected chi connectivity index (χ4v) is 4.30. The predicted molar refractivity (Wildman–Crippen MR) is 124 cm³/mol. The first-order chi connectivity index (χ1) is 15.8. The van der Waals surface area contributed by atoms with Crippen LogP contribution in [0.3, 0.4) is 0 Å². The Labute approximate surface area is 186 Å². The maximum Gasteiger partial charge on any atom is 0.167 e. The van der Waals surface area contributed by atoms with E-state index in [1.165, 1.54) is 0 Å². The van der Waals surface area contributed by atoms with E-state index in [2.05, 4.69) is 61.8 Å². The molecule has 0 radical (unpaired) electrons. The number of fused-ring (bicyclic) bond motifs is 1. The lowest BCUT2D eigenvalue weighted by atomic mass is 10.1. The monoisotopic (exact) mass is 430 g/mol. The normalized spacial score (nSPS) is 15.8. The number of piperazine rings is 1. The molecule has 0 N–H and O–H groups in total. The maximum absolute atomic E-state index is 11.3. The molecule has 0 aliphatic carbocycles. The molecule has 1 saturated heterocycles. The van der Waals surface area contributed by atoms with Crippen LogP contribution in [-0.4, -0.2) is 59.8 Å². The van der Waals surface area contributed by atoms with Crippen LogP contribution in [0.15, 0.2) is 71.8 Å². The van der Waals surface area contributed by atoms with Gasteiger partial charge in [0.2, 0.25) is 0 Å². The van der Waals surface area contributed by atoms with Gasteiger partial charge in [-0.25, -0.2) is 4.98 Å². The summed E-state index contributed by atoms with van der Waals surface area (Å²) < 4.78 is 12.9. The van der Waals surface area contributed by atoms with Crippen molar-refractivity contribution in [3.05, 3.63) is 67.4 Å². The standard InChI is InChI=1S/C25H26N4O3/c1-2-32-25(16-30)28-11-9-27(10-12-28)21-4-3-5-22(15-21)29-18-26-23-14-19(6-7-24(23)29)20-8-13-31-17-20/h3-8,13-18,25H,2,9-12H2,1H3. The molecule has 2 aromatic heterocycles. The van der Waals surface area contributed by atoms with E-state index in [0.29, 0.717) is 6.61 Å². The van der Waals surface area contributed by atoms with Crippen LogP contribution in [0.2, 0.25) is 0 Å². The molecule has 1 aliphatic rings. The minimum absolute atomic E-state index is 0.447. The zero-order valence-electron chi connectivity index (χ0n) is 18.1. The van der Waals surface area contributed by atoms with Crippen molar-refractivity contribution in [2.45, 2.75) is 13.2 Å². The third-order valence-electron chi connectivity index (χ3n) is 6.00. The molecule has 0 saturated carbocycles. The van der Waals surface area contributed by atoms with Gasteiger partial charge >= 0.3 is 0 Å². The highest BCUT2D eigenvalue weighted by atomic mass is 16.5. The highest BCUT2D eigenvalue weighted by Crippen LogP contribution is 2.27. The van der Waals surface area contributed by atoms with Gasteiger partial charge < -0.3 is 14.1 Å². The Hall–Kier alpha value is -3.42. The minimum Gasteiger partial charge on any atom is -0.472 e. The molecule has 164 valence electrons. The van der Waals surface area contributed by atoms with Gasteiger partial charge in [-0.15, -0.1) is 0 Å². The first-order valence-electron chi connectivity index (χ1n) is 10.9. The summed E-state index contributed by atoms with van der Waals surface area (Å²) in [5.41, 5.74) is 6.37. The Bertz CT molecular complexity index is 1190. The second-order valence-corrected chi connectivity index (χ2v) is 7.85. The molecule has 1 atom stereocenters. The Balaban J connectivity index is 1.36. The second kappa shape index (κ2) is 8.98. The molecule has 5 rings (SSSR count). The van der Waals surface area contributed by atoms with Crippen LogP contribution in [0, 0.1) is 0 Å². The van der Waals surface area contributed by atoms with E-state index in [1.54, 1.807) is 12.5 Å². The van der Waals surface area contributed by atoms with Gasteiger partial charge in [-0.1, -0.05) is 12.1 Å². The lowest BCUT2D eigenvalue weighted by Gasteiger charge is -2.38. The predicted octanol–water partition coefficient (Wildman–Crippen LogP) is 3.97. The summed E-state index contributed by atoms with van der Waals surface area (Å²) in [7, 11) is 0. The molecular formula is C25H26N4O3. The van der Waals surface area contributed by atoms with Crippen LogP contribution in [0.4, 0.5) is 5.69 Å². The van der Waals surface area contributed by atoms with E-state index < -0.39 is 6.23 Å². The topological polar surface area (TPSA) is 63.7 Å². The van der Waals surface area contributed by atoms with Crippen LogP contribution >= 0.6 is 0 Å². The van der Waals surface area contributed by atoms with Gasteiger partial charge in [0.05, 0.1) is 23.6 Å². The van der Waals surface area contributed by atoms with Gasteiger partial charge in [0.15, 0.2) is 12.5 Å². The van der Waals surface area contributed by atoms with Crippen molar-refractivity contribution in [1.29, 1.82) is 0 Å². The minimum atomic E-state index is -0.447. The summed E-state index contributed by atoms with van der Waals surface area (Å²) in [6, 6.07) is 16.7. The first-order valence-corrected chi connectivity index (χ1v) is 10.9. The lowest BCUT2D eigenvalue weighted by Crippen LogP contribution is -2.51. The van der Waals surface area contributed by atoms with Crippen molar-refractivity contribution in [3.63, 3.8) is 0 Å². The Morgan fingerprint density at radius 3 is 2.66 bits per heavy atom. The molecular weight excluding hydrogens is 404 g/mol. The van der Waals surface area contributed by atoms with Gasteiger partial charge in [-0.2, -0.15) is 0 Å². The fourth-order valence-electron chi connectivity index (χ4n) is 4.30. The summed E-state index contributed by atoms with van der Waals surface area (Å²) in [6.45, 7) is 5.72. The number of imidazole rings is 1. The molecule has 2 aromatic carbocycles. The number of ether oxygens (including phenoxy) is 1. The molecule has 4 aromatic rings. The molecule has 7 nitrogen and oxygen atoms in total. The molecule has 32 heavy (non-hydrogen) atoms. The van der Waals surface area contributed by atoms with Gasteiger partial charge in [-0.05, 0) is 48.9 Å². The molecule has 0 spiro atoms. The fraction of sp³-hybridized carbons (Fsp3) is 0.280. The number of nitrogens with zero attached hydrogens (tertiary/aromatic N) is 4. The number of rotatable bonds is 7. The van der Waals surface area contributed by atoms with Crippen molar-refractivity contribution in [1.82, 2.24) is 14.5 Å². The summed E-state index contributed by atoms with van der Waals surface area (Å²) in [6.07, 6.45) is 5.74. The number of benzene rings is 2. The third-order valence-corrected chi connectivity index (χ3v) is 6.00. The molecule has 1 unspecified atom stereocenters. The van der Waals surface area contributed by atoms with Gasteiger partial charge in [0.25, 0.3) is 0 Å².